The quantitative estimate of drug-likeness (QED) is 0.765. The van der Waals surface area contributed by atoms with Crippen molar-refractivity contribution in [3.63, 3.8) is 0 Å². The van der Waals surface area contributed by atoms with Crippen LogP contribution >= 0.6 is 0 Å². The smallest absolute Gasteiger partial charge is 0.243 e. The van der Waals surface area contributed by atoms with Crippen molar-refractivity contribution in [2.24, 2.45) is 0 Å². The third-order valence-corrected chi connectivity index (χ3v) is 5.31. The first kappa shape index (κ1) is 17.1. The molecule has 1 saturated carbocycles. The molecule has 1 saturated heterocycles. The Kier molecular flexibility index (Phi) is 4.48. The van der Waals surface area contributed by atoms with E-state index in [1.807, 2.05) is 4.90 Å². The Labute approximate surface area is 152 Å². The van der Waals surface area contributed by atoms with E-state index < -0.39 is 0 Å². The number of carbonyl (C=O) groups is 1. The lowest BCUT2D eigenvalue weighted by molar-refractivity contribution is 0.101. The maximum absolute atomic E-state index is 14.4. The van der Waals surface area contributed by atoms with E-state index >= 15 is 0 Å². The molecule has 1 aliphatic carbocycles. The minimum absolute atomic E-state index is 0.0575. The first-order valence-electron chi connectivity index (χ1n) is 9.16. The molecule has 1 aliphatic heterocycles. The van der Waals surface area contributed by atoms with Crippen LogP contribution in [0, 0.1) is 5.82 Å². The topological polar surface area (TPSA) is 62.5 Å². The van der Waals surface area contributed by atoms with Crippen molar-refractivity contribution < 1.29 is 13.7 Å². The molecule has 1 aromatic heterocycles. The van der Waals surface area contributed by atoms with Crippen molar-refractivity contribution in [1.82, 2.24) is 15.0 Å². The van der Waals surface area contributed by atoms with Crippen LogP contribution in [0.2, 0.25) is 0 Å². The number of hydrogen-bond acceptors (Lipinski definition) is 6. The maximum Gasteiger partial charge on any atom is 0.243 e. The fraction of sp³-hybridized carbons (Fsp3) is 0.526. The molecule has 2 fully saturated rings. The van der Waals surface area contributed by atoms with Crippen molar-refractivity contribution in [2.75, 3.05) is 31.1 Å². The number of nitrogens with zero attached hydrogens (tertiary/aromatic N) is 4. The van der Waals surface area contributed by atoms with Gasteiger partial charge in [0.1, 0.15) is 5.82 Å². The molecule has 1 unspecified atom stereocenters. The van der Waals surface area contributed by atoms with Gasteiger partial charge in [0.15, 0.2) is 11.6 Å². The molecule has 6 nitrogen and oxygen atoms in total. The Morgan fingerprint density at radius 2 is 2.00 bits per heavy atom. The van der Waals surface area contributed by atoms with E-state index in [1.165, 1.54) is 13.0 Å². The van der Waals surface area contributed by atoms with Gasteiger partial charge in [-0.3, -0.25) is 9.69 Å². The van der Waals surface area contributed by atoms with Crippen LogP contribution in [0.1, 0.15) is 60.7 Å². The number of carbonyl (C=O) groups excluding carboxylic acids is 1. The summed E-state index contributed by atoms with van der Waals surface area (Å²) in [5.74, 6) is 1.51. The minimum atomic E-state index is -0.342. The maximum atomic E-state index is 14.4. The van der Waals surface area contributed by atoms with Gasteiger partial charge in [-0.2, -0.15) is 4.98 Å². The van der Waals surface area contributed by atoms with Crippen LogP contribution in [-0.4, -0.2) is 47.0 Å². The van der Waals surface area contributed by atoms with Crippen molar-refractivity contribution in [3.05, 3.63) is 41.3 Å². The second kappa shape index (κ2) is 6.79. The van der Waals surface area contributed by atoms with Crippen LogP contribution in [0.3, 0.4) is 0 Å². The molecule has 2 aromatic rings. The fourth-order valence-corrected chi connectivity index (χ4v) is 3.41. The third-order valence-electron chi connectivity index (χ3n) is 5.31. The molecule has 2 heterocycles. The van der Waals surface area contributed by atoms with E-state index in [0.717, 1.165) is 31.8 Å². The number of piperazine rings is 1. The van der Waals surface area contributed by atoms with Gasteiger partial charge in [0.05, 0.1) is 11.7 Å². The number of ketones is 1. The van der Waals surface area contributed by atoms with E-state index in [4.69, 9.17) is 4.52 Å². The largest absolute Gasteiger partial charge is 0.367 e. The zero-order valence-corrected chi connectivity index (χ0v) is 15.1. The molecular weight excluding hydrogens is 335 g/mol. The Balaban J connectivity index is 1.39. The molecule has 26 heavy (non-hydrogen) atoms. The first-order valence-corrected chi connectivity index (χ1v) is 9.16. The summed E-state index contributed by atoms with van der Waals surface area (Å²) in [4.78, 5) is 20.2. The van der Waals surface area contributed by atoms with E-state index in [9.17, 15) is 9.18 Å². The van der Waals surface area contributed by atoms with Gasteiger partial charge in [-0.15, -0.1) is 0 Å². The van der Waals surface area contributed by atoms with Crippen molar-refractivity contribution in [3.8, 4) is 0 Å². The van der Waals surface area contributed by atoms with E-state index in [0.29, 0.717) is 36.1 Å². The SMILES string of the molecule is CC(=O)c1ccc(N2CCN(C(C)c3nc(C4CC4)no3)CC2)c(F)c1. The summed E-state index contributed by atoms with van der Waals surface area (Å²) in [6.45, 7) is 6.52. The predicted octanol–water partition coefficient (Wildman–Crippen LogP) is 3.17. The van der Waals surface area contributed by atoms with Gasteiger partial charge in [0.2, 0.25) is 5.89 Å². The van der Waals surface area contributed by atoms with E-state index in [2.05, 4.69) is 22.0 Å². The van der Waals surface area contributed by atoms with Crippen molar-refractivity contribution in [1.29, 1.82) is 0 Å². The lowest BCUT2D eigenvalue weighted by atomic mass is 10.1. The molecule has 4 rings (SSSR count). The van der Waals surface area contributed by atoms with Gasteiger partial charge in [0, 0.05) is 37.7 Å². The standard InChI is InChI=1S/C19H23FN4O2/c1-12(19-21-18(22-26-19)14-3-4-14)23-7-9-24(10-8-23)17-6-5-15(13(2)25)11-16(17)20/h5-6,11-12,14H,3-4,7-10H2,1-2H3. The molecule has 138 valence electrons. The molecule has 7 heteroatoms. The normalized spacial score (nSPS) is 19.6. The Hall–Kier alpha value is -2.28. The second-order valence-electron chi connectivity index (χ2n) is 7.19. The zero-order valence-electron chi connectivity index (χ0n) is 15.1. The zero-order chi connectivity index (χ0) is 18.3. The summed E-state index contributed by atoms with van der Waals surface area (Å²) in [5, 5.41) is 4.09. The lowest BCUT2D eigenvalue weighted by Gasteiger charge is -2.38. The lowest BCUT2D eigenvalue weighted by Crippen LogP contribution is -2.47. The number of Topliss-reactive ketones (excluding diaryl/α,β-unsaturated/α-hetero) is 1. The van der Waals surface area contributed by atoms with Gasteiger partial charge in [0.25, 0.3) is 0 Å². The fourth-order valence-electron chi connectivity index (χ4n) is 3.41. The van der Waals surface area contributed by atoms with Crippen LogP contribution in [0.5, 0.6) is 0 Å². The highest BCUT2D eigenvalue weighted by Gasteiger charge is 2.31. The van der Waals surface area contributed by atoms with E-state index in [-0.39, 0.29) is 17.6 Å². The number of halogens is 1. The van der Waals surface area contributed by atoms with Gasteiger partial charge >= 0.3 is 0 Å². The van der Waals surface area contributed by atoms with Crippen molar-refractivity contribution >= 4 is 11.5 Å². The van der Waals surface area contributed by atoms with E-state index in [1.54, 1.807) is 12.1 Å². The van der Waals surface area contributed by atoms with Crippen LogP contribution < -0.4 is 4.90 Å². The Morgan fingerprint density at radius 1 is 1.27 bits per heavy atom. The average Bonchev–Trinajstić information content (AvgIpc) is 3.38. The minimum Gasteiger partial charge on any atom is -0.367 e. The number of rotatable bonds is 5. The number of benzene rings is 1. The van der Waals surface area contributed by atoms with Crippen LogP contribution in [0.4, 0.5) is 10.1 Å². The summed E-state index contributed by atoms with van der Waals surface area (Å²) < 4.78 is 19.8. The van der Waals surface area contributed by atoms with Gasteiger partial charge in [-0.25, -0.2) is 4.39 Å². The van der Waals surface area contributed by atoms with Gasteiger partial charge in [-0.05, 0) is 44.9 Å². The van der Waals surface area contributed by atoms with Crippen LogP contribution in [-0.2, 0) is 0 Å². The molecule has 1 atom stereocenters. The second-order valence-corrected chi connectivity index (χ2v) is 7.19. The van der Waals surface area contributed by atoms with Crippen LogP contribution in [0.15, 0.2) is 22.7 Å². The Morgan fingerprint density at radius 3 is 2.62 bits per heavy atom. The highest BCUT2D eigenvalue weighted by atomic mass is 19.1. The summed E-state index contributed by atoms with van der Waals surface area (Å²) in [5.41, 5.74) is 0.956. The highest BCUT2D eigenvalue weighted by molar-refractivity contribution is 5.94. The summed E-state index contributed by atoms with van der Waals surface area (Å²) >= 11 is 0. The summed E-state index contributed by atoms with van der Waals surface area (Å²) in [6.07, 6.45) is 2.31. The summed E-state index contributed by atoms with van der Waals surface area (Å²) in [6, 6.07) is 4.77. The Bertz CT molecular complexity index is 810. The van der Waals surface area contributed by atoms with Gasteiger partial charge < -0.3 is 9.42 Å². The molecule has 2 aliphatic rings. The average molecular weight is 358 g/mol. The highest BCUT2D eigenvalue weighted by Crippen LogP contribution is 2.38. The van der Waals surface area contributed by atoms with Crippen LogP contribution in [0.25, 0.3) is 0 Å². The number of aromatic nitrogens is 2. The number of hydrogen-bond donors (Lipinski definition) is 0. The predicted molar refractivity (Wildman–Crippen MR) is 94.9 cm³/mol. The third kappa shape index (κ3) is 3.35. The monoisotopic (exact) mass is 358 g/mol. The first-order chi connectivity index (χ1) is 12.5. The van der Waals surface area contributed by atoms with Gasteiger partial charge in [-0.1, -0.05) is 5.16 Å². The molecule has 0 N–H and O–H groups in total. The molecule has 1 aromatic carbocycles. The summed E-state index contributed by atoms with van der Waals surface area (Å²) in [7, 11) is 0. The molecule has 0 radical (unpaired) electrons. The molecule has 0 spiro atoms. The van der Waals surface area contributed by atoms with Crippen molar-refractivity contribution in [2.45, 2.75) is 38.6 Å². The number of anilines is 1. The molecular formula is C19H23FN4O2. The molecule has 0 amide bonds. The molecule has 0 bridgehead atoms.